The Balaban J connectivity index is 1.95. The summed E-state index contributed by atoms with van der Waals surface area (Å²) < 4.78 is 0. The molecule has 1 saturated heterocycles. The number of carbonyl (C=O) groups is 2. The molecule has 1 aliphatic heterocycles. The number of hydrogen-bond acceptors (Lipinski definition) is 3. The summed E-state index contributed by atoms with van der Waals surface area (Å²) in [6.07, 6.45) is 0. The Morgan fingerprint density at radius 1 is 1.06 bits per heavy atom. The second kappa shape index (κ2) is 2.88. The molecule has 0 bridgehead atoms. The summed E-state index contributed by atoms with van der Waals surface area (Å²) >= 11 is 0. The van der Waals surface area contributed by atoms with Gasteiger partial charge in [0.05, 0.1) is 17.5 Å². The van der Waals surface area contributed by atoms with Gasteiger partial charge in [-0.15, -0.1) is 0 Å². The molecule has 1 saturated carbocycles. The van der Waals surface area contributed by atoms with Crippen LogP contribution in [0.15, 0.2) is 24.3 Å². The number of imide groups is 1. The van der Waals surface area contributed by atoms with E-state index in [1.54, 1.807) is 12.1 Å². The van der Waals surface area contributed by atoms with Gasteiger partial charge in [0.25, 0.3) is 0 Å². The third-order valence-electron chi connectivity index (χ3n) is 3.91. The Morgan fingerprint density at radius 2 is 1.53 bits per heavy atom. The number of fused-ring (bicyclic) bond motifs is 1. The van der Waals surface area contributed by atoms with Gasteiger partial charge in [-0.05, 0) is 29.7 Å². The number of anilines is 1. The number of piperidine rings is 1. The number of amides is 2. The third kappa shape index (κ3) is 1.18. The highest BCUT2D eigenvalue weighted by Crippen LogP contribution is 2.63. The predicted molar refractivity (Wildman–Crippen MR) is 61.4 cm³/mol. The van der Waals surface area contributed by atoms with Crippen LogP contribution in [0, 0.1) is 17.3 Å². The Hall–Kier alpha value is -1.84. The van der Waals surface area contributed by atoms with Crippen LogP contribution in [0.4, 0.5) is 5.69 Å². The summed E-state index contributed by atoms with van der Waals surface area (Å²) in [7, 11) is 0. The largest absolute Gasteiger partial charge is 0.508 e. The molecule has 2 aliphatic rings. The first kappa shape index (κ1) is 10.3. The molecular weight excluding hydrogens is 218 g/mol. The van der Waals surface area contributed by atoms with E-state index in [1.165, 1.54) is 17.0 Å². The van der Waals surface area contributed by atoms with Crippen molar-refractivity contribution in [3.8, 4) is 5.75 Å². The van der Waals surface area contributed by atoms with Gasteiger partial charge in [-0.2, -0.15) is 0 Å². The van der Waals surface area contributed by atoms with Crippen molar-refractivity contribution in [3.05, 3.63) is 24.3 Å². The van der Waals surface area contributed by atoms with Crippen molar-refractivity contribution in [2.45, 2.75) is 13.8 Å². The zero-order valence-corrected chi connectivity index (χ0v) is 9.68. The molecular formula is C13H13NO3. The maximum atomic E-state index is 12.1. The Labute approximate surface area is 98.9 Å². The molecule has 4 nitrogen and oxygen atoms in total. The van der Waals surface area contributed by atoms with Crippen molar-refractivity contribution in [3.63, 3.8) is 0 Å². The van der Waals surface area contributed by atoms with Crippen molar-refractivity contribution in [2.24, 2.45) is 17.3 Å². The van der Waals surface area contributed by atoms with Gasteiger partial charge in [-0.1, -0.05) is 13.8 Å². The first-order chi connectivity index (χ1) is 7.94. The Bertz CT molecular complexity index is 494. The Kier molecular flexibility index (Phi) is 1.75. The average molecular weight is 231 g/mol. The fourth-order valence-electron chi connectivity index (χ4n) is 2.80. The lowest BCUT2D eigenvalue weighted by atomic mass is 10.1. The smallest absolute Gasteiger partial charge is 0.238 e. The van der Waals surface area contributed by atoms with Crippen LogP contribution in [-0.4, -0.2) is 16.9 Å². The lowest BCUT2D eigenvalue weighted by molar-refractivity contribution is -0.125. The quantitative estimate of drug-likeness (QED) is 0.746. The van der Waals surface area contributed by atoms with Gasteiger partial charge >= 0.3 is 0 Å². The molecule has 17 heavy (non-hydrogen) atoms. The van der Waals surface area contributed by atoms with Crippen LogP contribution in [-0.2, 0) is 9.59 Å². The highest BCUT2D eigenvalue weighted by Gasteiger charge is 2.72. The van der Waals surface area contributed by atoms with E-state index in [4.69, 9.17) is 0 Å². The zero-order chi connectivity index (χ0) is 12.4. The predicted octanol–water partition coefficient (Wildman–Crippen LogP) is 1.54. The number of benzene rings is 1. The van der Waals surface area contributed by atoms with E-state index < -0.39 is 0 Å². The molecule has 2 amide bonds. The van der Waals surface area contributed by atoms with Gasteiger partial charge in [0.15, 0.2) is 0 Å². The van der Waals surface area contributed by atoms with Crippen LogP contribution in [0.2, 0.25) is 0 Å². The fourth-order valence-corrected chi connectivity index (χ4v) is 2.80. The van der Waals surface area contributed by atoms with E-state index >= 15 is 0 Å². The molecule has 1 aromatic carbocycles. The van der Waals surface area contributed by atoms with Crippen LogP contribution < -0.4 is 4.90 Å². The molecule has 2 fully saturated rings. The molecule has 2 unspecified atom stereocenters. The number of phenolic OH excluding ortho intramolecular Hbond substituents is 1. The molecule has 1 aromatic rings. The first-order valence-corrected chi connectivity index (χ1v) is 5.61. The summed E-state index contributed by atoms with van der Waals surface area (Å²) in [5.41, 5.74) is 0.363. The van der Waals surface area contributed by atoms with Gasteiger partial charge < -0.3 is 5.11 Å². The number of carbonyl (C=O) groups excluding carboxylic acids is 2. The van der Waals surface area contributed by atoms with Gasteiger partial charge in [0.1, 0.15) is 5.75 Å². The molecule has 0 radical (unpaired) electrons. The molecule has 0 spiro atoms. The average Bonchev–Trinajstić information content (AvgIpc) is 2.72. The van der Waals surface area contributed by atoms with Crippen molar-refractivity contribution >= 4 is 17.5 Å². The van der Waals surface area contributed by atoms with Gasteiger partial charge in [-0.3, -0.25) is 14.5 Å². The summed E-state index contributed by atoms with van der Waals surface area (Å²) in [5, 5.41) is 9.19. The first-order valence-electron chi connectivity index (χ1n) is 5.61. The molecule has 1 aliphatic carbocycles. The monoisotopic (exact) mass is 231 g/mol. The second-order valence-electron chi connectivity index (χ2n) is 5.30. The van der Waals surface area contributed by atoms with Crippen LogP contribution in [0.5, 0.6) is 5.75 Å². The number of nitrogens with zero attached hydrogens (tertiary/aromatic N) is 1. The van der Waals surface area contributed by atoms with E-state index in [9.17, 15) is 14.7 Å². The van der Waals surface area contributed by atoms with Gasteiger partial charge in [0.2, 0.25) is 11.8 Å². The third-order valence-corrected chi connectivity index (χ3v) is 3.91. The summed E-state index contributed by atoms with van der Waals surface area (Å²) in [4.78, 5) is 25.4. The number of aromatic hydroxyl groups is 1. The van der Waals surface area contributed by atoms with Gasteiger partial charge in [-0.25, -0.2) is 0 Å². The van der Waals surface area contributed by atoms with Crippen LogP contribution in [0.1, 0.15) is 13.8 Å². The molecule has 3 rings (SSSR count). The SMILES string of the molecule is CC1(C)C2C(=O)N(c3ccc(O)cc3)C(=O)C21. The van der Waals surface area contributed by atoms with E-state index in [1.807, 2.05) is 13.8 Å². The van der Waals surface area contributed by atoms with Crippen LogP contribution >= 0.6 is 0 Å². The van der Waals surface area contributed by atoms with Crippen molar-refractivity contribution < 1.29 is 14.7 Å². The molecule has 1 heterocycles. The lowest BCUT2D eigenvalue weighted by Gasteiger charge is -2.20. The topological polar surface area (TPSA) is 57.6 Å². The minimum Gasteiger partial charge on any atom is -0.508 e. The van der Waals surface area contributed by atoms with Crippen molar-refractivity contribution in [1.82, 2.24) is 0 Å². The maximum absolute atomic E-state index is 12.1. The van der Waals surface area contributed by atoms with Crippen LogP contribution in [0.3, 0.4) is 0 Å². The van der Waals surface area contributed by atoms with E-state index in [-0.39, 0.29) is 34.8 Å². The lowest BCUT2D eigenvalue weighted by Crippen LogP contribution is -2.36. The normalized spacial score (nSPS) is 29.4. The molecule has 4 heteroatoms. The minimum atomic E-state index is -0.179. The summed E-state index contributed by atoms with van der Waals surface area (Å²) in [6, 6.07) is 6.13. The van der Waals surface area contributed by atoms with E-state index in [0.717, 1.165) is 0 Å². The van der Waals surface area contributed by atoms with Crippen molar-refractivity contribution in [1.29, 1.82) is 0 Å². The maximum Gasteiger partial charge on any atom is 0.238 e. The van der Waals surface area contributed by atoms with Crippen LogP contribution in [0.25, 0.3) is 0 Å². The standard InChI is InChI=1S/C13H13NO3/c1-13(2)9-10(13)12(17)14(11(9)16)7-3-5-8(15)6-4-7/h3-6,9-10,15H,1-2H3. The number of hydrogen-bond donors (Lipinski definition) is 1. The number of rotatable bonds is 1. The van der Waals surface area contributed by atoms with E-state index in [2.05, 4.69) is 0 Å². The molecule has 88 valence electrons. The molecule has 0 aromatic heterocycles. The van der Waals surface area contributed by atoms with E-state index in [0.29, 0.717) is 5.69 Å². The van der Waals surface area contributed by atoms with Crippen molar-refractivity contribution in [2.75, 3.05) is 4.90 Å². The second-order valence-corrected chi connectivity index (χ2v) is 5.30. The molecule has 1 N–H and O–H groups in total. The minimum absolute atomic E-state index is 0.115. The highest BCUT2D eigenvalue weighted by atomic mass is 16.3. The van der Waals surface area contributed by atoms with Gasteiger partial charge in [0, 0.05) is 0 Å². The summed E-state index contributed by atoms with van der Waals surface area (Å²) in [5.74, 6) is -0.433. The summed E-state index contributed by atoms with van der Waals surface area (Å²) in [6.45, 7) is 3.90. The Morgan fingerprint density at radius 3 is 2.00 bits per heavy atom. The highest BCUT2D eigenvalue weighted by molar-refractivity contribution is 6.25. The molecule has 2 atom stereocenters. The zero-order valence-electron chi connectivity index (χ0n) is 9.68. The number of phenols is 1. The fraction of sp³-hybridized carbons (Fsp3) is 0.385.